The predicted octanol–water partition coefficient (Wildman–Crippen LogP) is 4.49. The summed E-state index contributed by atoms with van der Waals surface area (Å²) in [6.07, 6.45) is 2.29. The van der Waals surface area contributed by atoms with Gasteiger partial charge < -0.3 is 14.4 Å². The predicted molar refractivity (Wildman–Crippen MR) is 109 cm³/mol. The zero-order chi connectivity index (χ0) is 20.4. The van der Waals surface area contributed by atoms with Gasteiger partial charge >= 0.3 is 0 Å². The maximum Gasteiger partial charge on any atom is 0.225 e. The molecule has 2 heterocycles. The van der Waals surface area contributed by atoms with Gasteiger partial charge in [0.15, 0.2) is 0 Å². The largest absolute Gasteiger partial charge is 0.497 e. The average molecular weight is 406 g/mol. The lowest BCUT2D eigenvalue weighted by atomic mass is 10.0. The number of likely N-dealkylation sites (tertiary alicyclic amines) is 1. The fourth-order valence-electron chi connectivity index (χ4n) is 4.01. The third kappa shape index (κ3) is 3.83. The van der Waals surface area contributed by atoms with E-state index in [0.717, 1.165) is 47.8 Å². The summed E-state index contributed by atoms with van der Waals surface area (Å²) < 4.78 is 12.7. The number of hydrogen-bond acceptors (Lipinski definition) is 4. The molecule has 2 aromatic rings. The maximum absolute atomic E-state index is 13.1. The Morgan fingerprint density at radius 3 is 2.68 bits per heavy atom. The Labute approximate surface area is 171 Å². The summed E-state index contributed by atoms with van der Waals surface area (Å²) in [4.78, 5) is 15.1. The molecule has 0 N–H and O–H groups in total. The normalized spacial score (nSPS) is 17.6. The summed E-state index contributed by atoms with van der Waals surface area (Å²) >= 11 is 6.26. The van der Waals surface area contributed by atoms with Crippen molar-refractivity contribution < 1.29 is 14.3 Å². The zero-order valence-electron chi connectivity index (χ0n) is 17.2. The van der Waals surface area contributed by atoms with Gasteiger partial charge in [0.05, 0.1) is 42.7 Å². The summed E-state index contributed by atoms with van der Waals surface area (Å²) in [5, 5.41) is 5.16. The molecule has 1 saturated heterocycles. The van der Waals surface area contributed by atoms with Crippen LogP contribution < -0.4 is 9.47 Å². The molecule has 0 bridgehead atoms. The molecule has 0 radical (unpaired) electrons. The zero-order valence-corrected chi connectivity index (χ0v) is 17.9. The van der Waals surface area contributed by atoms with Crippen molar-refractivity contribution in [1.29, 1.82) is 0 Å². The summed E-state index contributed by atoms with van der Waals surface area (Å²) in [5.41, 5.74) is 2.71. The highest BCUT2D eigenvalue weighted by Gasteiger charge is 2.33. The number of ether oxygens (including phenoxy) is 2. The molecule has 28 heavy (non-hydrogen) atoms. The highest BCUT2D eigenvalue weighted by atomic mass is 35.5. The van der Waals surface area contributed by atoms with E-state index in [-0.39, 0.29) is 18.0 Å². The number of aromatic nitrogens is 2. The smallest absolute Gasteiger partial charge is 0.225 e. The highest BCUT2D eigenvalue weighted by molar-refractivity contribution is 6.31. The van der Waals surface area contributed by atoms with Gasteiger partial charge in [-0.2, -0.15) is 5.10 Å². The SMILES string of the molecule is COc1ccc([C@@H]2CCCN2C(=O)C[C@@H](C)n2nc(C)c(Cl)c2C)c(OC)c1. The molecule has 1 aromatic heterocycles. The number of benzene rings is 1. The van der Waals surface area contributed by atoms with Gasteiger partial charge in [-0.3, -0.25) is 9.48 Å². The number of hydrogen-bond donors (Lipinski definition) is 0. The molecule has 152 valence electrons. The van der Waals surface area contributed by atoms with Crippen molar-refractivity contribution in [2.45, 2.75) is 52.1 Å². The van der Waals surface area contributed by atoms with Crippen molar-refractivity contribution in [2.75, 3.05) is 20.8 Å². The third-order valence-electron chi connectivity index (χ3n) is 5.50. The summed E-state index contributed by atoms with van der Waals surface area (Å²) in [6, 6.07) is 5.75. The van der Waals surface area contributed by atoms with E-state index in [9.17, 15) is 4.79 Å². The van der Waals surface area contributed by atoms with Gasteiger partial charge in [-0.05, 0) is 45.7 Å². The van der Waals surface area contributed by atoms with E-state index < -0.39 is 0 Å². The molecule has 0 saturated carbocycles. The maximum atomic E-state index is 13.1. The van der Waals surface area contributed by atoms with Crippen LogP contribution in [0, 0.1) is 13.8 Å². The minimum atomic E-state index is -0.0577. The molecule has 1 aliphatic heterocycles. The van der Waals surface area contributed by atoms with Crippen LogP contribution in [0.2, 0.25) is 5.02 Å². The van der Waals surface area contributed by atoms with E-state index >= 15 is 0 Å². The number of aryl methyl sites for hydroxylation is 1. The molecule has 0 spiro atoms. The molecule has 1 aromatic carbocycles. The van der Waals surface area contributed by atoms with Crippen molar-refractivity contribution in [3.05, 3.63) is 40.2 Å². The topological polar surface area (TPSA) is 56.6 Å². The molecule has 0 aliphatic carbocycles. The molecule has 2 atom stereocenters. The van der Waals surface area contributed by atoms with Crippen LogP contribution in [-0.2, 0) is 4.79 Å². The monoisotopic (exact) mass is 405 g/mol. The van der Waals surface area contributed by atoms with Crippen molar-refractivity contribution in [3.8, 4) is 11.5 Å². The van der Waals surface area contributed by atoms with Gasteiger partial charge in [-0.1, -0.05) is 11.6 Å². The number of carbonyl (C=O) groups is 1. The first-order chi connectivity index (χ1) is 13.4. The molecule has 1 amide bonds. The fourth-order valence-corrected chi connectivity index (χ4v) is 4.14. The standard InChI is InChI=1S/C21H28ClN3O3/c1-13(25-15(3)21(22)14(2)23-25)11-20(26)24-10-6-7-18(24)17-9-8-16(27-4)12-19(17)28-5/h8-9,12-13,18H,6-7,10-11H2,1-5H3/t13-,18+/m1/s1. The van der Waals surface area contributed by atoms with Crippen LogP contribution in [0.25, 0.3) is 0 Å². The lowest BCUT2D eigenvalue weighted by Crippen LogP contribution is -2.32. The Bertz CT molecular complexity index is 865. The first-order valence-corrected chi connectivity index (χ1v) is 9.97. The molecule has 7 heteroatoms. The van der Waals surface area contributed by atoms with E-state index in [2.05, 4.69) is 5.10 Å². The Kier molecular flexibility index (Phi) is 6.18. The van der Waals surface area contributed by atoms with Crippen LogP contribution >= 0.6 is 11.6 Å². The molecular weight excluding hydrogens is 378 g/mol. The molecule has 1 fully saturated rings. The molecule has 3 rings (SSSR count). The van der Waals surface area contributed by atoms with Crippen molar-refractivity contribution >= 4 is 17.5 Å². The second-order valence-electron chi connectivity index (χ2n) is 7.34. The Balaban J connectivity index is 1.79. The van der Waals surface area contributed by atoms with Gasteiger partial charge in [-0.25, -0.2) is 0 Å². The number of methoxy groups -OCH3 is 2. The minimum Gasteiger partial charge on any atom is -0.497 e. The second kappa shape index (κ2) is 8.43. The van der Waals surface area contributed by atoms with Crippen molar-refractivity contribution in [1.82, 2.24) is 14.7 Å². The number of nitrogens with zero attached hydrogens (tertiary/aromatic N) is 3. The van der Waals surface area contributed by atoms with E-state index in [0.29, 0.717) is 11.4 Å². The Morgan fingerprint density at radius 2 is 2.07 bits per heavy atom. The quantitative estimate of drug-likeness (QED) is 0.710. The Hall–Kier alpha value is -2.21. The van der Waals surface area contributed by atoms with Gasteiger partial charge in [0.2, 0.25) is 5.91 Å². The minimum absolute atomic E-state index is 0.0181. The van der Waals surface area contributed by atoms with Gasteiger partial charge in [0.25, 0.3) is 0 Å². The number of rotatable bonds is 6. The summed E-state index contributed by atoms with van der Waals surface area (Å²) in [6.45, 7) is 6.58. The molecular formula is C21H28ClN3O3. The third-order valence-corrected chi connectivity index (χ3v) is 6.04. The van der Waals surface area contributed by atoms with Gasteiger partial charge in [-0.15, -0.1) is 0 Å². The summed E-state index contributed by atoms with van der Waals surface area (Å²) in [5.74, 6) is 1.62. The average Bonchev–Trinajstić information content (AvgIpc) is 3.28. The first-order valence-electron chi connectivity index (χ1n) is 9.60. The van der Waals surface area contributed by atoms with E-state index in [1.807, 2.05) is 48.6 Å². The second-order valence-corrected chi connectivity index (χ2v) is 7.71. The van der Waals surface area contributed by atoms with E-state index in [1.165, 1.54) is 0 Å². The van der Waals surface area contributed by atoms with E-state index in [1.54, 1.807) is 14.2 Å². The van der Waals surface area contributed by atoms with Crippen molar-refractivity contribution in [3.63, 3.8) is 0 Å². The van der Waals surface area contributed by atoms with Crippen LogP contribution in [0.15, 0.2) is 18.2 Å². The molecule has 0 unspecified atom stereocenters. The van der Waals surface area contributed by atoms with Crippen LogP contribution in [-0.4, -0.2) is 41.4 Å². The summed E-state index contributed by atoms with van der Waals surface area (Å²) in [7, 11) is 3.28. The number of halogens is 1. The van der Waals surface area contributed by atoms with Crippen LogP contribution in [0.1, 0.15) is 55.2 Å². The van der Waals surface area contributed by atoms with Crippen LogP contribution in [0.4, 0.5) is 0 Å². The Morgan fingerprint density at radius 1 is 1.32 bits per heavy atom. The number of carbonyl (C=O) groups excluding carboxylic acids is 1. The molecule has 6 nitrogen and oxygen atoms in total. The lowest BCUT2D eigenvalue weighted by molar-refractivity contribution is -0.133. The first kappa shape index (κ1) is 20.5. The fraction of sp³-hybridized carbons (Fsp3) is 0.524. The van der Waals surface area contributed by atoms with Crippen molar-refractivity contribution in [2.24, 2.45) is 0 Å². The lowest BCUT2D eigenvalue weighted by Gasteiger charge is -2.28. The number of amides is 1. The molecule has 1 aliphatic rings. The van der Waals surface area contributed by atoms with Crippen LogP contribution in [0.3, 0.4) is 0 Å². The highest BCUT2D eigenvalue weighted by Crippen LogP contribution is 2.39. The van der Waals surface area contributed by atoms with Crippen LogP contribution in [0.5, 0.6) is 11.5 Å². The van der Waals surface area contributed by atoms with E-state index in [4.69, 9.17) is 21.1 Å². The van der Waals surface area contributed by atoms with Gasteiger partial charge in [0.1, 0.15) is 11.5 Å². The van der Waals surface area contributed by atoms with Gasteiger partial charge in [0, 0.05) is 24.6 Å².